The molecule has 0 bridgehead atoms. The van der Waals surface area contributed by atoms with E-state index in [2.05, 4.69) is 24.0 Å². The number of aryl methyl sites for hydroxylation is 1. The molecular formula is C22H25ClN2O3S. The van der Waals surface area contributed by atoms with Crippen LogP contribution in [0.3, 0.4) is 0 Å². The number of imidazole rings is 1. The Hall–Kier alpha value is -1.86. The standard InChI is InChI=1S/C22H25ClN2O3S/c1-2-3-5-17-6-4-7-18(12-17)26-13-19-14-27-22(28-19,15-25-11-10-24-16-25)20-8-9-21(23)29-20/h4,6-12,16,19H,2-3,5,13-15H2,1H3. The van der Waals surface area contributed by atoms with Crippen molar-refractivity contribution in [2.45, 2.75) is 44.6 Å². The third-order valence-electron chi connectivity index (χ3n) is 4.91. The molecule has 4 rings (SSSR count). The van der Waals surface area contributed by atoms with E-state index in [1.807, 2.05) is 35.0 Å². The molecule has 3 aromatic rings. The molecule has 1 saturated heterocycles. The first kappa shape index (κ1) is 20.4. The summed E-state index contributed by atoms with van der Waals surface area (Å²) in [7, 11) is 0. The van der Waals surface area contributed by atoms with Crippen molar-refractivity contribution in [3.63, 3.8) is 0 Å². The van der Waals surface area contributed by atoms with Gasteiger partial charge in [0.2, 0.25) is 5.79 Å². The van der Waals surface area contributed by atoms with Crippen LogP contribution >= 0.6 is 22.9 Å². The number of unbranched alkanes of at least 4 members (excludes halogenated alkanes) is 1. The van der Waals surface area contributed by atoms with Gasteiger partial charge in [-0.2, -0.15) is 0 Å². The molecule has 2 unspecified atom stereocenters. The predicted molar refractivity (Wildman–Crippen MR) is 115 cm³/mol. The Labute approximate surface area is 180 Å². The quantitative estimate of drug-likeness (QED) is 0.461. The van der Waals surface area contributed by atoms with E-state index in [1.54, 1.807) is 12.5 Å². The molecule has 1 fully saturated rings. The zero-order valence-electron chi connectivity index (χ0n) is 16.4. The molecule has 7 heteroatoms. The minimum atomic E-state index is -0.879. The number of rotatable bonds is 9. The van der Waals surface area contributed by atoms with Gasteiger partial charge in [-0.1, -0.05) is 37.1 Å². The summed E-state index contributed by atoms with van der Waals surface area (Å²) in [6, 6.07) is 12.1. The maximum Gasteiger partial charge on any atom is 0.223 e. The number of hydrogen-bond acceptors (Lipinski definition) is 5. The zero-order valence-corrected chi connectivity index (χ0v) is 18.0. The van der Waals surface area contributed by atoms with Crippen LogP contribution in [-0.2, 0) is 28.2 Å². The monoisotopic (exact) mass is 432 g/mol. The minimum Gasteiger partial charge on any atom is -0.491 e. The molecule has 5 nitrogen and oxygen atoms in total. The number of halogens is 1. The smallest absolute Gasteiger partial charge is 0.223 e. The highest BCUT2D eigenvalue weighted by atomic mass is 35.5. The Kier molecular flexibility index (Phi) is 6.55. The van der Waals surface area contributed by atoms with Crippen LogP contribution in [0.1, 0.15) is 30.2 Å². The van der Waals surface area contributed by atoms with Crippen LogP contribution in [0.15, 0.2) is 55.1 Å². The van der Waals surface area contributed by atoms with E-state index in [9.17, 15) is 0 Å². The number of nitrogens with zero attached hydrogens (tertiary/aromatic N) is 2. The summed E-state index contributed by atoms with van der Waals surface area (Å²) in [5, 5.41) is 0. The second kappa shape index (κ2) is 9.30. The molecule has 2 atom stereocenters. The van der Waals surface area contributed by atoms with E-state index in [1.165, 1.54) is 29.7 Å². The fraction of sp³-hybridized carbons (Fsp3) is 0.409. The van der Waals surface area contributed by atoms with Gasteiger partial charge in [0.05, 0.1) is 28.7 Å². The van der Waals surface area contributed by atoms with Crippen molar-refractivity contribution in [3.05, 3.63) is 69.9 Å². The van der Waals surface area contributed by atoms with Crippen LogP contribution in [0.2, 0.25) is 4.34 Å². The van der Waals surface area contributed by atoms with Crippen molar-refractivity contribution in [1.82, 2.24) is 9.55 Å². The molecule has 0 N–H and O–H groups in total. The highest BCUT2D eigenvalue weighted by Crippen LogP contribution is 2.41. The third-order valence-corrected chi connectivity index (χ3v) is 6.27. The van der Waals surface area contributed by atoms with Crippen LogP contribution in [0, 0.1) is 0 Å². The fourth-order valence-corrected chi connectivity index (χ4v) is 4.56. The molecule has 0 saturated carbocycles. The summed E-state index contributed by atoms with van der Waals surface area (Å²) < 4.78 is 21.3. The summed E-state index contributed by atoms with van der Waals surface area (Å²) >= 11 is 7.65. The maximum absolute atomic E-state index is 6.39. The highest BCUT2D eigenvalue weighted by Gasteiger charge is 2.45. The second-order valence-electron chi connectivity index (χ2n) is 7.20. The lowest BCUT2D eigenvalue weighted by Gasteiger charge is -2.27. The normalized spacial score (nSPS) is 21.5. The van der Waals surface area contributed by atoms with Crippen molar-refractivity contribution in [1.29, 1.82) is 0 Å². The molecule has 1 aromatic carbocycles. The average molecular weight is 433 g/mol. The Morgan fingerprint density at radius 3 is 3.03 bits per heavy atom. The van der Waals surface area contributed by atoms with E-state index < -0.39 is 5.79 Å². The van der Waals surface area contributed by atoms with Crippen molar-refractivity contribution in [2.24, 2.45) is 0 Å². The molecule has 29 heavy (non-hydrogen) atoms. The van der Waals surface area contributed by atoms with Gasteiger partial charge in [-0.25, -0.2) is 4.98 Å². The van der Waals surface area contributed by atoms with Crippen LogP contribution < -0.4 is 4.74 Å². The summed E-state index contributed by atoms with van der Waals surface area (Å²) in [6.45, 7) is 3.60. The van der Waals surface area contributed by atoms with E-state index in [0.29, 0.717) is 24.1 Å². The number of aromatic nitrogens is 2. The summed E-state index contributed by atoms with van der Waals surface area (Å²) in [5.74, 6) is -0.0105. The van der Waals surface area contributed by atoms with Crippen LogP contribution in [-0.4, -0.2) is 28.9 Å². The van der Waals surface area contributed by atoms with Crippen molar-refractivity contribution >= 4 is 22.9 Å². The first-order valence-corrected chi connectivity index (χ1v) is 11.1. The van der Waals surface area contributed by atoms with Crippen molar-refractivity contribution in [3.8, 4) is 5.75 Å². The van der Waals surface area contributed by atoms with Crippen LogP contribution in [0.25, 0.3) is 0 Å². The Morgan fingerprint density at radius 1 is 1.34 bits per heavy atom. The number of benzene rings is 1. The summed E-state index contributed by atoms with van der Waals surface area (Å²) in [5.41, 5.74) is 1.30. The maximum atomic E-state index is 6.39. The highest BCUT2D eigenvalue weighted by molar-refractivity contribution is 7.16. The lowest BCUT2D eigenvalue weighted by atomic mass is 10.1. The lowest BCUT2D eigenvalue weighted by molar-refractivity contribution is -0.186. The average Bonchev–Trinajstić information content (AvgIpc) is 3.48. The van der Waals surface area contributed by atoms with E-state index in [0.717, 1.165) is 17.0 Å². The van der Waals surface area contributed by atoms with Gasteiger partial charge in [0.1, 0.15) is 18.5 Å². The van der Waals surface area contributed by atoms with Gasteiger partial charge >= 0.3 is 0 Å². The largest absolute Gasteiger partial charge is 0.491 e. The summed E-state index contributed by atoms with van der Waals surface area (Å²) in [6.07, 6.45) is 8.68. The molecule has 2 aromatic heterocycles. The Balaban J connectivity index is 1.43. The minimum absolute atomic E-state index is 0.168. The first-order chi connectivity index (χ1) is 14.2. The Bertz CT molecular complexity index is 914. The van der Waals surface area contributed by atoms with Gasteiger partial charge in [-0.3, -0.25) is 0 Å². The molecule has 0 radical (unpaired) electrons. The van der Waals surface area contributed by atoms with Gasteiger partial charge in [-0.05, 0) is 42.7 Å². The van der Waals surface area contributed by atoms with Gasteiger partial charge < -0.3 is 18.8 Å². The number of ether oxygens (including phenoxy) is 3. The van der Waals surface area contributed by atoms with E-state index >= 15 is 0 Å². The molecular weight excluding hydrogens is 408 g/mol. The van der Waals surface area contributed by atoms with Crippen molar-refractivity contribution in [2.75, 3.05) is 13.2 Å². The number of hydrogen-bond donors (Lipinski definition) is 0. The topological polar surface area (TPSA) is 45.5 Å². The van der Waals surface area contributed by atoms with Crippen molar-refractivity contribution < 1.29 is 14.2 Å². The molecule has 3 heterocycles. The zero-order chi connectivity index (χ0) is 20.1. The molecule has 0 spiro atoms. The lowest BCUT2D eigenvalue weighted by Crippen LogP contribution is -2.33. The SMILES string of the molecule is CCCCc1cccc(OCC2COC(Cn3ccnc3)(c3ccc(Cl)s3)O2)c1. The predicted octanol–water partition coefficient (Wildman–Crippen LogP) is 5.29. The molecule has 154 valence electrons. The molecule has 0 aliphatic carbocycles. The van der Waals surface area contributed by atoms with Crippen LogP contribution in [0.5, 0.6) is 5.75 Å². The number of thiophene rings is 1. The van der Waals surface area contributed by atoms with Gasteiger partial charge in [-0.15, -0.1) is 11.3 Å². The first-order valence-electron chi connectivity index (χ1n) is 9.92. The molecule has 1 aliphatic heterocycles. The fourth-order valence-electron chi connectivity index (χ4n) is 3.44. The van der Waals surface area contributed by atoms with E-state index in [4.69, 9.17) is 25.8 Å². The second-order valence-corrected chi connectivity index (χ2v) is 8.92. The third kappa shape index (κ3) is 5.01. The van der Waals surface area contributed by atoms with Crippen LogP contribution in [0.4, 0.5) is 0 Å². The Morgan fingerprint density at radius 2 is 2.28 bits per heavy atom. The molecule has 0 amide bonds. The van der Waals surface area contributed by atoms with Gasteiger partial charge in [0.15, 0.2) is 0 Å². The van der Waals surface area contributed by atoms with Gasteiger partial charge in [0, 0.05) is 12.4 Å². The molecule has 1 aliphatic rings. The summed E-state index contributed by atoms with van der Waals surface area (Å²) in [4.78, 5) is 5.07. The van der Waals surface area contributed by atoms with Gasteiger partial charge in [0.25, 0.3) is 0 Å². The van der Waals surface area contributed by atoms with E-state index in [-0.39, 0.29) is 6.10 Å².